The Kier molecular flexibility index (Phi) is 23.4. The van der Waals surface area contributed by atoms with E-state index in [1.807, 2.05) is 0 Å². The molecule has 0 saturated carbocycles. The van der Waals surface area contributed by atoms with Gasteiger partial charge in [0.25, 0.3) is 0 Å². The molecule has 0 aromatic rings. The maximum atomic E-state index is 8.51. The predicted molar refractivity (Wildman–Crippen MR) is 83.9 cm³/mol. The predicted octanol–water partition coefficient (Wildman–Crippen LogP) is 2.74. The van der Waals surface area contributed by atoms with Gasteiger partial charge < -0.3 is 20.1 Å². The molecule has 4 nitrogen and oxygen atoms in total. The van der Waals surface area contributed by atoms with Crippen LogP contribution in [0.2, 0.25) is 0 Å². The summed E-state index contributed by atoms with van der Waals surface area (Å²) in [5.41, 5.74) is 0. The SMILES string of the molecule is CCCCCOCCCCC.OCCCC(CO)CO. The van der Waals surface area contributed by atoms with Gasteiger partial charge in [-0.15, -0.1) is 0 Å². The molecule has 20 heavy (non-hydrogen) atoms. The Balaban J connectivity index is 0. The first kappa shape index (κ1) is 22.1. The van der Waals surface area contributed by atoms with Gasteiger partial charge in [0.1, 0.15) is 0 Å². The number of aliphatic hydroxyl groups excluding tert-OH is 3. The molecule has 0 aromatic heterocycles. The second-order valence-electron chi connectivity index (χ2n) is 5.12. The average Bonchev–Trinajstić information content (AvgIpc) is 2.48. The summed E-state index contributed by atoms with van der Waals surface area (Å²) in [6.45, 7) is 6.53. The fourth-order valence-corrected chi connectivity index (χ4v) is 1.63. The molecule has 0 unspecified atom stereocenters. The van der Waals surface area contributed by atoms with Gasteiger partial charge in [0.15, 0.2) is 0 Å². The highest BCUT2D eigenvalue weighted by Gasteiger charge is 2.03. The summed E-state index contributed by atoms with van der Waals surface area (Å²) in [5.74, 6) is -0.0443. The van der Waals surface area contributed by atoms with E-state index in [-0.39, 0.29) is 25.7 Å². The van der Waals surface area contributed by atoms with Crippen molar-refractivity contribution in [3.63, 3.8) is 0 Å². The minimum absolute atomic E-state index is 0.0104. The second kappa shape index (κ2) is 21.1. The summed E-state index contributed by atoms with van der Waals surface area (Å²) in [7, 11) is 0. The number of rotatable bonds is 13. The Labute approximate surface area is 125 Å². The lowest BCUT2D eigenvalue weighted by Gasteiger charge is -2.07. The number of hydrogen-bond donors (Lipinski definition) is 3. The third-order valence-corrected chi connectivity index (χ3v) is 3.07. The van der Waals surface area contributed by atoms with E-state index >= 15 is 0 Å². The van der Waals surface area contributed by atoms with Crippen LogP contribution in [0.5, 0.6) is 0 Å². The monoisotopic (exact) mass is 292 g/mol. The van der Waals surface area contributed by atoms with Gasteiger partial charge >= 0.3 is 0 Å². The quantitative estimate of drug-likeness (QED) is 0.457. The lowest BCUT2D eigenvalue weighted by molar-refractivity contribution is 0.126. The van der Waals surface area contributed by atoms with Crippen LogP contribution in [0.25, 0.3) is 0 Å². The van der Waals surface area contributed by atoms with Crippen molar-refractivity contribution >= 4 is 0 Å². The van der Waals surface area contributed by atoms with Crippen molar-refractivity contribution in [3.8, 4) is 0 Å². The van der Waals surface area contributed by atoms with Crippen molar-refractivity contribution in [2.45, 2.75) is 65.2 Å². The number of unbranched alkanes of at least 4 members (excludes halogenated alkanes) is 4. The van der Waals surface area contributed by atoms with Crippen LogP contribution >= 0.6 is 0 Å². The molecule has 0 aliphatic carbocycles. The molecular formula is C16H36O4. The highest BCUT2D eigenvalue weighted by atomic mass is 16.5. The topological polar surface area (TPSA) is 69.9 Å². The van der Waals surface area contributed by atoms with Crippen LogP contribution in [0.15, 0.2) is 0 Å². The molecule has 4 heteroatoms. The minimum Gasteiger partial charge on any atom is -0.396 e. The maximum Gasteiger partial charge on any atom is 0.0481 e. The Morgan fingerprint density at radius 3 is 1.60 bits per heavy atom. The summed E-state index contributed by atoms with van der Waals surface area (Å²) in [4.78, 5) is 0. The standard InChI is InChI=1S/C10H22O.C6H14O3/c1-3-5-7-9-11-10-8-6-4-2;7-3-1-2-6(4-8)5-9/h3-10H2,1-2H3;6-9H,1-5H2. The summed E-state index contributed by atoms with van der Waals surface area (Å²) >= 11 is 0. The molecule has 124 valence electrons. The van der Waals surface area contributed by atoms with E-state index in [2.05, 4.69) is 13.8 Å². The minimum atomic E-state index is -0.0443. The van der Waals surface area contributed by atoms with Crippen molar-refractivity contribution in [2.75, 3.05) is 33.0 Å². The zero-order chi connectivity index (χ0) is 15.5. The van der Waals surface area contributed by atoms with E-state index in [9.17, 15) is 0 Å². The molecule has 0 rings (SSSR count). The van der Waals surface area contributed by atoms with E-state index in [1.54, 1.807) is 0 Å². The van der Waals surface area contributed by atoms with E-state index < -0.39 is 0 Å². The number of ether oxygens (including phenoxy) is 1. The average molecular weight is 292 g/mol. The van der Waals surface area contributed by atoms with E-state index in [0.29, 0.717) is 12.8 Å². The van der Waals surface area contributed by atoms with Gasteiger partial charge in [-0.3, -0.25) is 0 Å². The van der Waals surface area contributed by atoms with E-state index in [0.717, 1.165) is 13.2 Å². The van der Waals surface area contributed by atoms with Gasteiger partial charge in [0.05, 0.1) is 0 Å². The highest BCUT2D eigenvalue weighted by Crippen LogP contribution is 2.02. The van der Waals surface area contributed by atoms with Crippen molar-refractivity contribution in [2.24, 2.45) is 5.92 Å². The maximum absolute atomic E-state index is 8.51. The van der Waals surface area contributed by atoms with Crippen LogP contribution in [0.1, 0.15) is 65.2 Å². The third kappa shape index (κ3) is 20.2. The Hall–Kier alpha value is -0.160. The van der Waals surface area contributed by atoms with Crippen LogP contribution < -0.4 is 0 Å². The first-order valence-corrected chi connectivity index (χ1v) is 8.16. The molecule has 0 spiro atoms. The van der Waals surface area contributed by atoms with Crippen molar-refractivity contribution in [3.05, 3.63) is 0 Å². The first-order chi connectivity index (χ1) is 9.76. The molecule has 0 heterocycles. The molecule has 0 aliphatic heterocycles. The number of hydrogen-bond acceptors (Lipinski definition) is 4. The Morgan fingerprint density at radius 2 is 1.25 bits per heavy atom. The normalized spacial score (nSPS) is 10.5. The summed E-state index contributed by atoms with van der Waals surface area (Å²) in [6, 6.07) is 0. The molecule has 3 N–H and O–H groups in total. The van der Waals surface area contributed by atoms with E-state index in [1.165, 1.54) is 38.5 Å². The Bertz CT molecular complexity index is 141. The molecular weight excluding hydrogens is 256 g/mol. The smallest absolute Gasteiger partial charge is 0.0481 e. The molecule has 0 aromatic carbocycles. The third-order valence-electron chi connectivity index (χ3n) is 3.07. The Morgan fingerprint density at radius 1 is 0.750 bits per heavy atom. The fraction of sp³-hybridized carbons (Fsp3) is 1.00. The van der Waals surface area contributed by atoms with Gasteiger partial charge in [-0.25, -0.2) is 0 Å². The molecule has 0 fully saturated rings. The van der Waals surface area contributed by atoms with Gasteiger partial charge in [0.2, 0.25) is 0 Å². The molecule has 0 atom stereocenters. The van der Waals surface area contributed by atoms with Crippen LogP contribution in [0, 0.1) is 5.92 Å². The van der Waals surface area contributed by atoms with Crippen LogP contribution in [-0.4, -0.2) is 48.4 Å². The summed E-state index contributed by atoms with van der Waals surface area (Å²) < 4.78 is 5.44. The highest BCUT2D eigenvalue weighted by molar-refractivity contribution is 4.54. The molecule has 0 radical (unpaired) electrons. The van der Waals surface area contributed by atoms with Gasteiger partial charge in [-0.05, 0) is 25.7 Å². The first-order valence-electron chi connectivity index (χ1n) is 8.16. The molecule has 0 amide bonds. The molecule has 0 saturated heterocycles. The lowest BCUT2D eigenvalue weighted by Crippen LogP contribution is -2.11. The van der Waals surface area contributed by atoms with Crippen LogP contribution in [0.3, 0.4) is 0 Å². The fourth-order valence-electron chi connectivity index (χ4n) is 1.63. The van der Waals surface area contributed by atoms with Crippen LogP contribution in [0.4, 0.5) is 0 Å². The largest absolute Gasteiger partial charge is 0.396 e. The summed E-state index contributed by atoms with van der Waals surface area (Å²) in [5, 5.41) is 25.4. The second-order valence-corrected chi connectivity index (χ2v) is 5.12. The van der Waals surface area contributed by atoms with Crippen molar-refractivity contribution < 1.29 is 20.1 Å². The van der Waals surface area contributed by atoms with Gasteiger partial charge in [-0.2, -0.15) is 0 Å². The molecule has 0 aliphatic rings. The zero-order valence-electron chi connectivity index (χ0n) is 13.5. The lowest BCUT2D eigenvalue weighted by atomic mass is 10.1. The van der Waals surface area contributed by atoms with Crippen molar-refractivity contribution in [1.29, 1.82) is 0 Å². The van der Waals surface area contributed by atoms with Gasteiger partial charge in [0, 0.05) is 39.0 Å². The molecule has 0 bridgehead atoms. The number of aliphatic hydroxyl groups is 3. The van der Waals surface area contributed by atoms with Gasteiger partial charge in [-0.1, -0.05) is 39.5 Å². The van der Waals surface area contributed by atoms with Crippen LogP contribution in [-0.2, 0) is 4.74 Å². The zero-order valence-corrected chi connectivity index (χ0v) is 13.5. The van der Waals surface area contributed by atoms with Crippen molar-refractivity contribution in [1.82, 2.24) is 0 Å². The summed E-state index contributed by atoms with van der Waals surface area (Å²) in [6.07, 6.45) is 9.04. The van der Waals surface area contributed by atoms with E-state index in [4.69, 9.17) is 20.1 Å².